The lowest BCUT2D eigenvalue weighted by Gasteiger charge is -2.19. The highest BCUT2D eigenvalue weighted by Crippen LogP contribution is 2.30. The van der Waals surface area contributed by atoms with Crippen LogP contribution in [0, 0.1) is 0 Å². The molecule has 2 amide bonds. The number of nitrogens with one attached hydrogen (secondary N) is 1. The van der Waals surface area contributed by atoms with Crippen molar-refractivity contribution < 1.29 is 9.59 Å². The van der Waals surface area contributed by atoms with E-state index in [2.05, 4.69) is 22.3 Å². The van der Waals surface area contributed by atoms with Crippen molar-refractivity contribution in [1.82, 2.24) is 0 Å². The lowest BCUT2D eigenvalue weighted by Crippen LogP contribution is -2.30. The van der Waals surface area contributed by atoms with Gasteiger partial charge in [0.05, 0.1) is 11.3 Å². The molecule has 0 unspecified atom stereocenters. The molecule has 2 heterocycles. The van der Waals surface area contributed by atoms with Crippen LogP contribution in [0.25, 0.3) is 0 Å². The molecule has 0 aliphatic carbocycles. The minimum Gasteiger partial charge on any atom is -0.371 e. The number of rotatable bonds is 6. The minimum absolute atomic E-state index is 0.0680. The fraction of sp³-hybridized carbons (Fsp3) is 0.259. The highest BCUT2D eigenvalue weighted by atomic mass is 32.2. The number of hydrogen-bond acceptors (Lipinski definition) is 4. The number of carbonyl (C=O) groups excluding carboxylic acids is 2. The molecule has 168 valence electrons. The van der Waals surface area contributed by atoms with Gasteiger partial charge in [0.2, 0.25) is 5.91 Å². The van der Waals surface area contributed by atoms with Crippen LogP contribution in [0.3, 0.4) is 0 Å². The Morgan fingerprint density at radius 3 is 2.55 bits per heavy atom. The summed E-state index contributed by atoms with van der Waals surface area (Å²) in [6, 6.07) is 23.6. The van der Waals surface area contributed by atoms with Gasteiger partial charge in [-0.3, -0.25) is 9.59 Å². The first kappa shape index (κ1) is 21.6. The molecule has 0 aromatic heterocycles. The van der Waals surface area contributed by atoms with Crippen LogP contribution in [0.15, 0.2) is 77.7 Å². The van der Waals surface area contributed by atoms with Crippen molar-refractivity contribution in [3.8, 4) is 0 Å². The Bertz CT molecular complexity index is 1170. The molecule has 1 saturated heterocycles. The molecule has 3 aromatic carbocycles. The topological polar surface area (TPSA) is 52.7 Å². The van der Waals surface area contributed by atoms with Crippen LogP contribution in [0.4, 0.5) is 17.1 Å². The fourth-order valence-electron chi connectivity index (χ4n) is 4.55. The fourth-order valence-corrected chi connectivity index (χ4v) is 5.47. The Labute approximate surface area is 198 Å². The van der Waals surface area contributed by atoms with Gasteiger partial charge in [-0.15, -0.1) is 11.8 Å². The summed E-state index contributed by atoms with van der Waals surface area (Å²) in [4.78, 5) is 31.0. The van der Waals surface area contributed by atoms with E-state index in [0.29, 0.717) is 17.9 Å². The Kier molecular flexibility index (Phi) is 6.35. The van der Waals surface area contributed by atoms with Crippen molar-refractivity contribution >= 4 is 40.6 Å². The Morgan fingerprint density at radius 1 is 0.879 bits per heavy atom. The number of anilines is 3. The molecule has 1 N–H and O–H groups in total. The third kappa shape index (κ3) is 4.76. The van der Waals surface area contributed by atoms with Crippen LogP contribution in [0.1, 0.15) is 28.8 Å². The van der Waals surface area contributed by atoms with Crippen molar-refractivity contribution in [2.75, 3.05) is 40.5 Å². The summed E-state index contributed by atoms with van der Waals surface area (Å²) in [5.41, 5.74) is 4.74. The standard InChI is InChI=1S/C27H27N3O2S/c31-26(30-17-14-20-8-1-3-12-24(20)30)19-33-25-13-4-2-11-23(25)27(32)28-21-9-7-10-22(18-21)29-15-5-6-16-29/h1-4,7-13,18H,5-6,14-17,19H2,(H,28,32). The van der Waals surface area contributed by atoms with E-state index in [1.807, 2.05) is 65.6 Å². The molecule has 0 bridgehead atoms. The average Bonchev–Trinajstić information content (AvgIpc) is 3.53. The van der Waals surface area contributed by atoms with Gasteiger partial charge in [0, 0.05) is 41.6 Å². The number of carbonyl (C=O) groups is 2. The second kappa shape index (κ2) is 9.71. The van der Waals surface area contributed by atoms with Crippen molar-refractivity contribution in [1.29, 1.82) is 0 Å². The van der Waals surface area contributed by atoms with Crippen LogP contribution < -0.4 is 15.1 Å². The number of nitrogens with zero attached hydrogens (tertiary/aromatic N) is 2. The maximum Gasteiger partial charge on any atom is 0.256 e. The average molecular weight is 458 g/mol. The molecule has 0 saturated carbocycles. The highest BCUT2D eigenvalue weighted by molar-refractivity contribution is 8.00. The molecular formula is C27H27N3O2S. The lowest BCUT2D eigenvalue weighted by atomic mass is 10.2. The van der Waals surface area contributed by atoms with Gasteiger partial charge in [0.15, 0.2) is 0 Å². The first-order valence-corrected chi connectivity index (χ1v) is 12.4. The van der Waals surface area contributed by atoms with Crippen molar-refractivity contribution in [2.45, 2.75) is 24.2 Å². The van der Waals surface area contributed by atoms with Gasteiger partial charge in [0.25, 0.3) is 5.91 Å². The van der Waals surface area contributed by atoms with Gasteiger partial charge in [-0.1, -0.05) is 36.4 Å². The molecule has 0 radical (unpaired) electrons. The number of thioether (sulfide) groups is 1. The SMILES string of the molecule is O=C(Nc1cccc(N2CCCC2)c1)c1ccccc1SCC(=O)N1CCc2ccccc21. The van der Waals surface area contributed by atoms with Gasteiger partial charge in [-0.2, -0.15) is 0 Å². The molecule has 6 heteroatoms. The summed E-state index contributed by atoms with van der Waals surface area (Å²) in [5.74, 6) is 0.206. The quantitative estimate of drug-likeness (QED) is 0.516. The molecule has 0 spiro atoms. The van der Waals surface area contributed by atoms with Crippen LogP contribution in [-0.4, -0.2) is 37.2 Å². The number of hydrogen-bond donors (Lipinski definition) is 1. The summed E-state index contributed by atoms with van der Waals surface area (Å²) in [7, 11) is 0. The van der Waals surface area contributed by atoms with Crippen molar-refractivity contribution in [2.24, 2.45) is 0 Å². The number of benzene rings is 3. The van der Waals surface area contributed by atoms with Crippen molar-refractivity contribution in [3.63, 3.8) is 0 Å². The van der Waals surface area contributed by atoms with Crippen LogP contribution in [0.5, 0.6) is 0 Å². The van der Waals surface area contributed by atoms with Gasteiger partial charge < -0.3 is 15.1 Å². The second-order valence-electron chi connectivity index (χ2n) is 8.41. The predicted octanol–water partition coefficient (Wildman–Crippen LogP) is 5.22. The normalized spacial score (nSPS) is 14.9. The van der Waals surface area contributed by atoms with Crippen LogP contribution in [0.2, 0.25) is 0 Å². The van der Waals surface area contributed by atoms with E-state index in [1.165, 1.54) is 30.2 Å². The van der Waals surface area contributed by atoms with E-state index in [9.17, 15) is 9.59 Å². The minimum atomic E-state index is -0.157. The molecule has 5 nitrogen and oxygen atoms in total. The smallest absolute Gasteiger partial charge is 0.256 e. The lowest BCUT2D eigenvalue weighted by molar-refractivity contribution is -0.116. The molecule has 33 heavy (non-hydrogen) atoms. The van der Waals surface area contributed by atoms with Gasteiger partial charge in [-0.25, -0.2) is 0 Å². The Morgan fingerprint density at radius 2 is 1.67 bits per heavy atom. The van der Waals surface area contributed by atoms with Gasteiger partial charge >= 0.3 is 0 Å². The van der Waals surface area contributed by atoms with Crippen LogP contribution >= 0.6 is 11.8 Å². The largest absolute Gasteiger partial charge is 0.371 e. The van der Waals surface area contributed by atoms with Gasteiger partial charge in [0.1, 0.15) is 0 Å². The van der Waals surface area contributed by atoms with Crippen LogP contribution in [-0.2, 0) is 11.2 Å². The summed E-state index contributed by atoms with van der Waals surface area (Å²) >= 11 is 1.42. The van der Waals surface area contributed by atoms with Crippen molar-refractivity contribution in [3.05, 3.63) is 83.9 Å². The maximum absolute atomic E-state index is 13.1. The van der Waals surface area contributed by atoms with E-state index in [-0.39, 0.29) is 11.8 Å². The second-order valence-corrected chi connectivity index (χ2v) is 9.42. The van der Waals surface area contributed by atoms with E-state index < -0.39 is 0 Å². The van der Waals surface area contributed by atoms with E-state index >= 15 is 0 Å². The number of fused-ring (bicyclic) bond motifs is 1. The molecule has 5 rings (SSSR count). The molecule has 2 aliphatic heterocycles. The zero-order valence-corrected chi connectivity index (χ0v) is 19.3. The molecule has 2 aliphatic rings. The monoisotopic (exact) mass is 457 g/mol. The summed E-state index contributed by atoms with van der Waals surface area (Å²) in [6.45, 7) is 2.84. The molecule has 1 fully saturated rings. The van der Waals surface area contributed by atoms with E-state index in [1.54, 1.807) is 0 Å². The predicted molar refractivity (Wildman–Crippen MR) is 136 cm³/mol. The Hall–Kier alpha value is -3.25. The summed E-state index contributed by atoms with van der Waals surface area (Å²) < 4.78 is 0. The molecule has 3 aromatic rings. The maximum atomic E-state index is 13.1. The van der Waals surface area contributed by atoms with Gasteiger partial charge in [-0.05, 0) is 61.2 Å². The highest BCUT2D eigenvalue weighted by Gasteiger charge is 2.24. The third-order valence-electron chi connectivity index (χ3n) is 6.25. The summed E-state index contributed by atoms with van der Waals surface area (Å²) in [5, 5.41) is 3.04. The zero-order valence-electron chi connectivity index (χ0n) is 18.5. The first-order chi connectivity index (χ1) is 16.2. The summed E-state index contributed by atoms with van der Waals surface area (Å²) in [6.07, 6.45) is 3.31. The zero-order chi connectivity index (χ0) is 22.6. The first-order valence-electron chi connectivity index (χ1n) is 11.5. The Balaban J connectivity index is 1.26. The molecule has 0 atom stereocenters. The van der Waals surface area contributed by atoms with E-state index in [4.69, 9.17) is 0 Å². The van der Waals surface area contributed by atoms with E-state index in [0.717, 1.165) is 41.5 Å². The number of para-hydroxylation sites is 1. The molecular weight excluding hydrogens is 430 g/mol. The third-order valence-corrected chi connectivity index (χ3v) is 7.30. The number of amides is 2.